The summed E-state index contributed by atoms with van der Waals surface area (Å²) in [6, 6.07) is 13.6. The van der Waals surface area contributed by atoms with Crippen molar-refractivity contribution in [2.75, 3.05) is 12.3 Å². The standard InChI is InChI=1S/C24H31FN2O2S/c1-4-14-26-24(29)22(5-2)27(15-19-10-12-21(25)13-11-19)23(28)17-30-16-20-9-7-6-8-18(20)3/h6-13,22H,4-5,14-17H2,1-3H3,(H,26,29)/t22-/m1/s1. The van der Waals surface area contributed by atoms with Gasteiger partial charge in [0.15, 0.2) is 0 Å². The van der Waals surface area contributed by atoms with Gasteiger partial charge in [-0.3, -0.25) is 9.59 Å². The van der Waals surface area contributed by atoms with Crippen LogP contribution in [-0.2, 0) is 21.9 Å². The van der Waals surface area contributed by atoms with Crippen LogP contribution in [0.5, 0.6) is 0 Å². The SMILES string of the molecule is CCCNC(=O)[C@@H](CC)N(Cc1ccc(F)cc1)C(=O)CSCc1ccccc1C. The second-order valence-corrected chi connectivity index (χ2v) is 8.27. The number of hydrogen-bond acceptors (Lipinski definition) is 3. The van der Waals surface area contributed by atoms with Gasteiger partial charge in [0.1, 0.15) is 11.9 Å². The van der Waals surface area contributed by atoms with Gasteiger partial charge in [-0.1, -0.05) is 50.2 Å². The van der Waals surface area contributed by atoms with Gasteiger partial charge in [0.25, 0.3) is 0 Å². The second-order valence-electron chi connectivity index (χ2n) is 7.28. The monoisotopic (exact) mass is 430 g/mol. The Bertz CT molecular complexity index is 826. The molecular formula is C24H31FN2O2S. The van der Waals surface area contributed by atoms with E-state index in [9.17, 15) is 14.0 Å². The number of carbonyl (C=O) groups excluding carboxylic acids is 2. The van der Waals surface area contributed by atoms with Crippen molar-refractivity contribution >= 4 is 23.6 Å². The van der Waals surface area contributed by atoms with Crippen molar-refractivity contribution in [3.8, 4) is 0 Å². The third-order valence-corrected chi connectivity index (χ3v) is 5.91. The predicted molar refractivity (Wildman–Crippen MR) is 122 cm³/mol. The van der Waals surface area contributed by atoms with Crippen LogP contribution in [0.2, 0.25) is 0 Å². The highest BCUT2D eigenvalue weighted by molar-refractivity contribution is 7.99. The molecule has 0 aromatic heterocycles. The quantitative estimate of drug-likeness (QED) is 0.562. The molecule has 0 heterocycles. The maximum Gasteiger partial charge on any atom is 0.242 e. The molecule has 0 aliphatic heterocycles. The molecule has 0 aliphatic carbocycles. The zero-order chi connectivity index (χ0) is 21.9. The van der Waals surface area contributed by atoms with Crippen LogP contribution in [0, 0.1) is 12.7 Å². The molecule has 2 aromatic carbocycles. The lowest BCUT2D eigenvalue weighted by molar-refractivity contribution is -0.139. The van der Waals surface area contributed by atoms with Crippen molar-refractivity contribution in [1.29, 1.82) is 0 Å². The molecule has 0 spiro atoms. The highest BCUT2D eigenvalue weighted by atomic mass is 32.2. The third-order valence-electron chi connectivity index (χ3n) is 4.95. The summed E-state index contributed by atoms with van der Waals surface area (Å²) in [5.41, 5.74) is 3.20. The normalized spacial score (nSPS) is 11.7. The summed E-state index contributed by atoms with van der Waals surface area (Å²) in [4.78, 5) is 27.4. The average Bonchev–Trinajstić information content (AvgIpc) is 2.74. The van der Waals surface area contributed by atoms with Gasteiger partial charge in [-0.2, -0.15) is 0 Å². The smallest absolute Gasteiger partial charge is 0.242 e. The summed E-state index contributed by atoms with van der Waals surface area (Å²) < 4.78 is 13.3. The molecule has 2 rings (SSSR count). The molecule has 0 saturated carbocycles. The van der Waals surface area contributed by atoms with Crippen molar-refractivity contribution in [3.05, 3.63) is 71.0 Å². The second kappa shape index (κ2) is 12.4. The Balaban J connectivity index is 2.11. The van der Waals surface area contributed by atoms with E-state index in [4.69, 9.17) is 0 Å². The molecule has 2 amide bonds. The number of amides is 2. The molecule has 0 bridgehead atoms. The number of hydrogen-bond donors (Lipinski definition) is 1. The molecule has 0 fully saturated rings. The number of nitrogens with zero attached hydrogens (tertiary/aromatic N) is 1. The van der Waals surface area contributed by atoms with Crippen LogP contribution in [0.15, 0.2) is 48.5 Å². The summed E-state index contributed by atoms with van der Waals surface area (Å²) in [6.07, 6.45) is 1.35. The van der Waals surface area contributed by atoms with Crippen molar-refractivity contribution in [2.24, 2.45) is 0 Å². The molecule has 4 nitrogen and oxygen atoms in total. The Morgan fingerprint density at radius 1 is 1.10 bits per heavy atom. The lowest BCUT2D eigenvalue weighted by Gasteiger charge is -2.30. The molecule has 1 N–H and O–H groups in total. The Labute approximate surface area is 183 Å². The van der Waals surface area contributed by atoms with Gasteiger partial charge in [0, 0.05) is 18.8 Å². The van der Waals surface area contributed by atoms with Crippen LogP contribution >= 0.6 is 11.8 Å². The predicted octanol–water partition coefficient (Wildman–Crippen LogP) is 4.70. The number of aryl methyl sites for hydroxylation is 1. The first-order valence-corrected chi connectivity index (χ1v) is 11.6. The Morgan fingerprint density at radius 2 is 1.80 bits per heavy atom. The highest BCUT2D eigenvalue weighted by Gasteiger charge is 2.28. The van der Waals surface area contributed by atoms with E-state index >= 15 is 0 Å². The fourth-order valence-electron chi connectivity index (χ4n) is 3.18. The molecule has 6 heteroatoms. The molecule has 1 atom stereocenters. The van der Waals surface area contributed by atoms with Gasteiger partial charge in [0.05, 0.1) is 5.75 Å². The molecule has 0 saturated heterocycles. The lowest BCUT2D eigenvalue weighted by atomic mass is 10.1. The maximum absolute atomic E-state index is 13.3. The van der Waals surface area contributed by atoms with Crippen LogP contribution in [0.3, 0.4) is 0 Å². The van der Waals surface area contributed by atoms with Crippen LogP contribution in [0.25, 0.3) is 0 Å². The molecule has 30 heavy (non-hydrogen) atoms. The largest absolute Gasteiger partial charge is 0.354 e. The van der Waals surface area contributed by atoms with Crippen molar-refractivity contribution < 1.29 is 14.0 Å². The molecule has 0 radical (unpaired) electrons. The van der Waals surface area contributed by atoms with Gasteiger partial charge in [-0.25, -0.2) is 4.39 Å². The van der Waals surface area contributed by atoms with Crippen molar-refractivity contribution in [3.63, 3.8) is 0 Å². The van der Waals surface area contributed by atoms with E-state index in [1.54, 1.807) is 28.8 Å². The topological polar surface area (TPSA) is 49.4 Å². The summed E-state index contributed by atoms with van der Waals surface area (Å²) >= 11 is 1.54. The third kappa shape index (κ3) is 7.17. The van der Waals surface area contributed by atoms with E-state index in [0.717, 1.165) is 17.7 Å². The minimum Gasteiger partial charge on any atom is -0.354 e. The molecule has 162 valence electrons. The summed E-state index contributed by atoms with van der Waals surface area (Å²) in [5, 5.41) is 2.90. The number of halogens is 1. The van der Waals surface area contributed by atoms with Gasteiger partial charge >= 0.3 is 0 Å². The molecule has 2 aromatic rings. The number of carbonyl (C=O) groups is 2. The van der Waals surface area contributed by atoms with E-state index in [0.29, 0.717) is 13.0 Å². The van der Waals surface area contributed by atoms with Crippen LogP contribution < -0.4 is 5.32 Å². The average molecular weight is 431 g/mol. The fourth-order valence-corrected chi connectivity index (χ4v) is 4.16. The van der Waals surface area contributed by atoms with Crippen molar-refractivity contribution in [2.45, 2.75) is 52.0 Å². The van der Waals surface area contributed by atoms with E-state index in [1.807, 2.05) is 26.0 Å². The van der Waals surface area contributed by atoms with Crippen molar-refractivity contribution in [1.82, 2.24) is 10.2 Å². The highest BCUT2D eigenvalue weighted by Crippen LogP contribution is 2.19. The van der Waals surface area contributed by atoms with Crippen LogP contribution in [0.1, 0.15) is 43.4 Å². The van der Waals surface area contributed by atoms with E-state index in [2.05, 4.69) is 24.4 Å². The number of nitrogens with one attached hydrogen (secondary N) is 1. The maximum atomic E-state index is 13.3. The first kappa shape index (κ1) is 23.9. The fraction of sp³-hybridized carbons (Fsp3) is 0.417. The Kier molecular flexibility index (Phi) is 9.87. The summed E-state index contributed by atoms with van der Waals surface area (Å²) in [5.74, 6) is 0.475. The Morgan fingerprint density at radius 3 is 2.43 bits per heavy atom. The summed E-state index contributed by atoms with van der Waals surface area (Å²) in [6.45, 7) is 6.81. The minimum atomic E-state index is -0.548. The van der Waals surface area contributed by atoms with E-state index < -0.39 is 6.04 Å². The molecule has 0 aliphatic rings. The van der Waals surface area contributed by atoms with Gasteiger partial charge in [-0.05, 0) is 48.6 Å². The molecule has 0 unspecified atom stereocenters. The lowest BCUT2D eigenvalue weighted by Crippen LogP contribution is -2.49. The Hall–Kier alpha value is -2.34. The zero-order valence-electron chi connectivity index (χ0n) is 18.0. The number of benzene rings is 2. The van der Waals surface area contributed by atoms with Gasteiger partial charge < -0.3 is 10.2 Å². The summed E-state index contributed by atoms with van der Waals surface area (Å²) in [7, 11) is 0. The minimum absolute atomic E-state index is 0.0867. The zero-order valence-corrected chi connectivity index (χ0v) is 18.8. The van der Waals surface area contributed by atoms with Gasteiger partial charge in [0.2, 0.25) is 11.8 Å². The van der Waals surface area contributed by atoms with E-state index in [-0.39, 0.29) is 29.9 Å². The molecular weight excluding hydrogens is 399 g/mol. The van der Waals surface area contributed by atoms with Crippen LogP contribution in [-0.4, -0.2) is 35.1 Å². The number of thioether (sulfide) groups is 1. The van der Waals surface area contributed by atoms with Crippen LogP contribution in [0.4, 0.5) is 4.39 Å². The first-order chi connectivity index (χ1) is 14.5. The van der Waals surface area contributed by atoms with Gasteiger partial charge in [-0.15, -0.1) is 11.8 Å². The number of rotatable bonds is 11. The van der Waals surface area contributed by atoms with E-state index in [1.165, 1.54) is 23.3 Å². The first-order valence-electron chi connectivity index (χ1n) is 10.4.